The van der Waals surface area contributed by atoms with Gasteiger partial charge < -0.3 is 15.2 Å². The van der Waals surface area contributed by atoms with Gasteiger partial charge in [-0.2, -0.15) is 13.1 Å². The zero-order valence-corrected chi connectivity index (χ0v) is 22.6. The van der Waals surface area contributed by atoms with E-state index in [1.807, 2.05) is 23.8 Å². The molecule has 3 aromatic rings. The van der Waals surface area contributed by atoms with Crippen molar-refractivity contribution in [3.8, 4) is 0 Å². The van der Waals surface area contributed by atoms with Crippen LogP contribution in [0.3, 0.4) is 0 Å². The predicted molar refractivity (Wildman–Crippen MR) is 140 cm³/mol. The average Bonchev–Trinajstić information content (AvgIpc) is 3.43. The molecule has 4 atom stereocenters. The SMILES string of the molecule is Cc1sc(C(=O)c2cncnc2N[C@H]2C[C@H](O)[C@@H]([CH]NS(=O)(=O)O)C2)cc1[C@H]1OCCc2ccc(Cl)nc21. The highest BCUT2D eigenvalue weighted by Gasteiger charge is 2.35. The number of halogens is 1. The Hall–Kier alpha value is -2.52. The van der Waals surface area contributed by atoms with Crippen LogP contribution in [-0.4, -0.2) is 57.6 Å². The van der Waals surface area contributed by atoms with Crippen molar-refractivity contribution in [1.29, 1.82) is 0 Å². The molecule has 0 amide bonds. The summed E-state index contributed by atoms with van der Waals surface area (Å²) < 4.78 is 38.8. The molecule has 0 aromatic carbocycles. The van der Waals surface area contributed by atoms with Crippen LogP contribution < -0.4 is 10.0 Å². The summed E-state index contributed by atoms with van der Waals surface area (Å²) in [6.45, 7) is 3.61. The first-order chi connectivity index (χ1) is 18.1. The highest BCUT2D eigenvalue weighted by Crippen LogP contribution is 2.38. The van der Waals surface area contributed by atoms with Gasteiger partial charge in [0.15, 0.2) is 0 Å². The molecule has 1 fully saturated rings. The van der Waals surface area contributed by atoms with Gasteiger partial charge in [-0.15, -0.1) is 11.3 Å². The standard InChI is InChI=1S/C24H25ClN5O6S2/c1-12-16(23-21-13(4-5-36-23)2-3-20(25)30-21)8-19(37-12)22(32)17-10-26-11-27-24(17)29-15-6-14(18(31)7-15)9-28-38(33,34)35/h2-3,8-11,14-15,18,23,28,31H,4-7H2,1H3,(H,26,27,29)(H,33,34,35)/t14-,15-,18+,23-/m1/s1. The summed E-state index contributed by atoms with van der Waals surface area (Å²) in [6, 6.07) is 5.23. The molecule has 2 aliphatic rings. The van der Waals surface area contributed by atoms with Gasteiger partial charge in [-0.05, 0) is 43.9 Å². The minimum Gasteiger partial charge on any atom is -0.393 e. The molecule has 4 heterocycles. The second-order valence-electron chi connectivity index (χ2n) is 9.22. The van der Waals surface area contributed by atoms with Crippen molar-refractivity contribution in [2.75, 3.05) is 11.9 Å². The van der Waals surface area contributed by atoms with E-state index in [1.54, 1.807) is 6.07 Å². The lowest BCUT2D eigenvalue weighted by atomic mass is 9.98. The Kier molecular flexibility index (Phi) is 7.78. The van der Waals surface area contributed by atoms with Crippen LogP contribution in [0.5, 0.6) is 0 Å². The number of carbonyl (C=O) groups is 1. The number of fused-ring (bicyclic) bond motifs is 1. The molecule has 1 saturated carbocycles. The fourth-order valence-corrected chi connectivity index (χ4v) is 6.35. The molecule has 4 N–H and O–H groups in total. The number of ether oxygens (including phenoxy) is 1. The number of anilines is 1. The summed E-state index contributed by atoms with van der Waals surface area (Å²) in [4.78, 5) is 27.8. The molecular weight excluding hydrogens is 554 g/mol. The lowest BCUT2D eigenvalue weighted by Gasteiger charge is -2.25. The van der Waals surface area contributed by atoms with E-state index in [9.17, 15) is 18.3 Å². The van der Waals surface area contributed by atoms with E-state index in [2.05, 4.69) is 20.3 Å². The third-order valence-electron chi connectivity index (χ3n) is 6.65. The van der Waals surface area contributed by atoms with Crippen molar-refractivity contribution >= 4 is 44.8 Å². The molecule has 0 spiro atoms. The van der Waals surface area contributed by atoms with Gasteiger partial charge in [0.2, 0.25) is 5.78 Å². The van der Waals surface area contributed by atoms with Crippen molar-refractivity contribution < 1.29 is 27.6 Å². The zero-order valence-electron chi connectivity index (χ0n) is 20.2. The molecule has 11 nitrogen and oxygen atoms in total. The summed E-state index contributed by atoms with van der Waals surface area (Å²) in [5, 5.41) is 13.9. The summed E-state index contributed by atoms with van der Waals surface area (Å²) in [5.74, 6) is -0.485. The fraction of sp³-hybridized carbons (Fsp3) is 0.375. The van der Waals surface area contributed by atoms with E-state index in [0.717, 1.165) is 34.7 Å². The van der Waals surface area contributed by atoms with Gasteiger partial charge in [-0.3, -0.25) is 9.35 Å². The molecule has 38 heavy (non-hydrogen) atoms. The summed E-state index contributed by atoms with van der Waals surface area (Å²) in [7, 11) is -4.41. The largest absolute Gasteiger partial charge is 0.393 e. The van der Waals surface area contributed by atoms with Crippen LogP contribution in [0.2, 0.25) is 5.15 Å². The van der Waals surface area contributed by atoms with Crippen molar-refractivity contribution in [1.82, 2.24) is 19.7 Å². The number of nitrogens with one attached hydrogen (secondary N) is 2. The first kappa shape index (κ1) is 27.1. The van der Waals surface area contributed by atoms with E-state index < -0.39 is 28.4 Å². The molecule has 201 valence electrons. The molecule has 3 aromatic heterocycles. The summed E-state index contributed by atoms with van der Waals surface area (Å²) in [6.07, 6.45) is 2.88. The molecular formula is C24H25ClN5O6S2. The lowest BCUT2D eigenvalue weighted by molar-refractivity contribution is 0.0663. The number of hydrogen-bond acceptors (Lipinski definition) is 10. The zero-order chi connectivity index (χ0) is 27.0. The quantitative estimate of drug-likeness (QED) is 0.177. The van der Waals surface area contributed by atoms with Crippen LogP contribution in [0.1, 0.15) is 55.9 Å². The molecule has 1 aliphatic carbocycles. The van der Waals surface area contributed by atoms with Crippen LogP contribution >= 0.6 is 22.9 Å². The lowest BCUT2D eigenvalue weighted by Crippen LogP contribution is -2.27. The Bertz CT molecular complexity index is 1470. The number of aliphatic hydroxyl groups is 1. The number of nitrogens with zero attached hydrogens (tertiary/aromatic N) is 3. The van der Waals surface area contributed by atoms with Crippen molar-refractivity contribution in [2.24, 2.45) is 5.92 Å². The van der Waals surface area contributed by atoms with Crippen LogP contribution in [0.25, 0.3) is 0 Å². The number of thiophene rings is 1. The minimum atomic E-state index is -4.41. The van der Waals surface area contributed by atoms with Crippen LogP contribution in [0.4, 0.5) is 5.82 Å². The Balaban J connectivity index is 1.35. The van der Waals surface area contributed by atoms with Crippen LogP contribution in [0, 0.1) is 19.4 Å². The molecule has 0 bridgehead atoms. The Labute approximate surface area is 228 Å². The van der Waals surface area contributed by atoms with E-state index in [-0.39, 0.29) is 17.4 Å². The first-order valence-electron chi connectivity index (χ1n) is 11.8. The van der Waals surface area contributed by atoms with Gasteiger partial charge in [-0.1, -0.05) is 17.7 Å². The number of hydrogen-bond donors (Lipinski definition) is 4. The number of pyridine rings is 1. The Morgan fingerprint density at radius 2 is 2.13 bits per heavy atom. The summed E-state index contributed by atoms with van der Waals surface area (Å²) in [5.41, 5.74) is 2.94. The Morgan fingerprint density at radius 3 is 2.92 bits per heavy atom. The highest BCUT2D eigenvalue weighted by atomic mass is 35.5. The molecule has 5 rings (SSSR count). The van der Waals surface area contributed by atoms with E-state index in [4.69, 9.17) is 20.9 Å². The maximum Gasteiger partial charge on any atom is 0.333 e. The number of aromatic nitrogens is 3. The van der Waals surface area contributed by atoms with Gasteiger partial charge in [0.1, 0.15) is 23.4 Å². The van der Waals surface area contributed by atoms with Crippen LogP contribution in [0.15, 0.2) is 30.7 Å². The maximum absolute atomic E-state index is 13.6. The molecule has 1 radical (unpaired) electrons. The second kappa shape index (κ2) is 10.9. The smallest absolute Gasteiger partial charge is 0.333 e. The first-order valence-corrected chi connectivity index (χ1v) is 14.5. The number of aliphatic hydroxyl groups excluding tert-OH is 1. The topological polar surface area (TPSA) is 164 Å². The Morgan fingerprint density at radius 1 is 1.32 bits per heavy atom. The number of aryl methyl sites for hydroxylation is 1. The molecule has 1 aliphatic heterocycles. The molecule has 0 unspecified atom stereocenters. The fourth-order valence-electron chi connectivity index (χ4n) is 4.84. The minimum absolute atomic E-state index is 0.266. The van der Waals surface area contributed by atoms with E-state index in [0.29, 0.717) is 35.3 Å². The van der Waals surface area contributed by atoms with Gasteiger partial charge in [0.25, 0.3) is 0 Å². The van der Waals surface area contributed by atoms with Crippen molar-refractivity contribution in [3.05, 3.63) is 74.6 Å². The third-order valence-corrected chi connectivity index (χ3v) is 8.36. The van der Waals surface area contributed by atoms with Gasteiger partial charge in [0.05, 0.1) is 28.8 Å². The monoisotopic (exact) mass is 578 g/mol. The van der Waals surface area contributed by atoms with Gasteiger partial charge in [0, 0.05) is 35.1 Å². The number of carbonyl (C=O) groups excluding carboxylic acids is 1. The van der Waals surface area contributed by atoms with E-state index in [1.165, 1.54) is 23.9 Å². The van der Waals surface area contributed by atoms with Gasteiger partial charge in [-0.25, -0.2) is 15.0 Å². The predicted octanol–water partition coefficient (Wildman–Crippen LogP) is 2.89. The number of rotatable bonds is 8. The highest BCUT2D eigenvalue weighted by molar-refractivity contribution is 7.83. The van der Waals surface area contributed by atoms with Crippen molar-refractivity contribution in [3.63, 3.8) is 0 Å². The third kappa shape index (κ3) is 5.88. The van der Waals surface area contributed by atoms with E-state index >= 15 is 0 Å². The molecule has 14 heteroatoms. The number of ketones is 1. The average molecular weight is 579 g/mol. The van der Waals surface area contributed by atoms with Crippen molar-refractivity contribution in [2.45, 2.75) is 44.4 Å². The molecule has 0 saturated heterocycles. The van der Waals surface area contributed by atoms with Crippen LogP contribution in [-0.2, 0) is 21.5 Å². The second-order valence-corrected chi connectivity index (χ2v) is 12.0. The van der Waals surface area contributed by atoms with Gasteiger partial charge >= 0.3 is 10.3 Å². The summed E-state index contributed by atoms with van der Waals surface area (Å²) >= 11 is 7.49. The maximum atomic E-state index is 13.6. The normalized spacial score (nSPS) is 23.3.